The van der Waals surface area contributed by atoms with E-state index >= 15 is 0 Å². The summed E-state index contributed by atoms with van der Waals surface area (Å²) in [4.78, 5) is 0. The first-order valence-corrected chi connectivity index (χ1v) is 6.48. The lowest BCUT2D eigenvalue weighted by molar-refractivity contribution is 0.644. The molecule has 0 saturated heterocycles. The molecule has 0 amide bonds. The molecule has 1 aromatic heterocycles. The first kappa shape index (κ1) is 11.4. The van der Waals surface area contributed by atoms with Crippen LogP contribution in [0, 0.1) is 6.92 Å². The van der Waals surface area contributed by atoms with E-state index in [0.29, 0.717) is 6.04 Å². The van der Waals surface area contributed by atoms with Gasteiger partial charge in [-0.2, -0.15) is 0 Å². The third-order valence-electron chi connectivity index (χ3n) is 3.33. The number of aromatic nitrogens is 3. The van der Waals surface area contributed by atoms with Crippen molar-refractivity contribution < 1.29 is 0 Å². The smallest absolute Gasteiger partial charge is 0.0965 e. The molecule has 0 atom stereocenters. The minimum atomic E-state index is 0.714. The van der Waals surface area contributed by atoms with Gasteiger partial charge in [-0.3, -0.25) is 0 Å². The maximum absolute atomic E-state index is 4.19. The van der Waals surface area contributed by atoms with Crippen LogP contribution >= 0.6 is 0 Å². The predicted octanol–water partition coefficient (Wildman–Crippen LogP) is 1.89. The predicted molar refractivity (Wildman–Crippen MR) is 70.2 cm³/mol. The summed E-state index contributed by atoms with van der Waals surface area (Å²) in [6.45, 7) is 3.75. The number of nitrogens with zero attached hydrogens (tertiary/aromatic N) is 3. The van der Waals surface area contributed by atoms with Gasteiger partial charge in [0.2, 0.25) is 0 Å². The van der Waals surface area contributed by atoms with Crippen molar-refractivity contribution in [2.75, 3.05) is 0 Å². The minimum Gasteiger partial charge on any atom is -0.308 e. The zero-order valence-electron chi connectivity index (χ0n) is 10.6. The molecule has 0 bridgehead atoms. The summed E-state index contributed by atoms with van der Waals surface area (Å²) in [6, 6.07) is 9.10. The Balaban J connectivity index is 1.63. The molecule has 2 aromatic rings. The summed E-state index contributed by atoms with van der Waals surface area (Å²) >= 11 is 0. The van der Waals surface area contributed by atoms with E-state index in [-0.39, 0.29) is 0 Å². The zero-order chi connectivity index (χ0) is 12.4. The molecule has 1 saturated carbocycles. The molecule has 1 N–H and O–H groups in total. The van der Waals surface area contributed by atoms with Crippen molar-refractivity contribution in [2.24, 2.45) is 0 Å². The molecule has 1 aliphatic rings. The van der Waals surface area contributed by atoms with Crippen LogP contribution in [0.15, 0.2) is 30.5 Å². The zero-order valence-corrected chi connectivity index (χ0v) is 10.6. The Morgan fingerprint density at radius 2 is 2.17 bits per heavy atom. The summed E-state index contributed by atoms with van der Waals surface area (Å²) in [5.41, 5.74) is 3.62. The van der Waals surface area contributed by atoms with E-state index in [9.17, 15) is 0 Å². The van der Waals surface area contributed by atoms with Crippen molar-refractivity contribution in [3.8, 4) is 0 Å². The Kier molecular flexibility index (Phi) is 3.11. The summed E-state index contributed by atoms with van der Waals surface area (Å²) in [7, 11) is 0. The highest BCUT2D eigenvalue weighted by Crippen LogP contribution is 2.18. The molecule has 0 radical (unpaired) electrons. The van der Waals surface area contributed by atoms with Gasteiger partial charge in [0.05, 0.1) is 18.4 Å². The van der Waals surface area contributed by atoms with Gasteiger partial charge in [-0.25, -0.2) is 4.68 Å². The number of rotatable bonds is 5. The molecule has 94 valence electrons. The van der Waals surface area contributed by atoms with Gasteiger partial charge < -0.3 is 5.32 Å². The van der Waals surface area contributed by atoms with Gasteiger partial charge in [0.15, 0.2) is 0 Å². The fourth-order valence-corrected chi connectivity index (χ4v) is 2.00. The molecule has 3 rings (SSSR count). The van der Waals surface area contributed by atoms with E-state index in [4.69, 9.17) is 0 Å². The molecule has 0 aliphatic heterocycles. The Morgan fingerprint density at radius 3 is 2.94 bits per heavy atom. The van der Waals surface area contributed by atoms with E-state index in [1.165, 1.54) is 24.0 Å². The van der Waals surface area contributed by atoms with E-state index in [2.05, 4.69) is 46.8 Å². The quantitative estimate of drug-likeness (QED) is 0.870. The van der Waals surface area contributed by atoms with Crippen LogP contribution in [-0.4, -0.2) is 21.0 Å². The summed E-state index contributed by atoms with van der Waals surface area (Å²) in [5.74, 6) is 0. The fraction of sp³-hybridized carbons (Fsp3) is 0.429. The highest BCUT2D eigenvalue weighted by Gasteiger charge is 2.20. The van der Waals surface area contributed by atoms with E-state index in [1.54, 1.807) is 0 Å². The third kappa shape index (κ3) is 2.76. The Morgan fingerprint density at radius 1 is 1.33 bits per heavy atom. The number of aryl methyl sites for hydroxylation is 1. The summed E-state index contributed by atoms with van der Waals surface area (Å²) < 4.78 is 1.91. The molecule has 1 aliphatic carbocycles. The van der Waals surface area contributed by atoms with Crippen molar-refractivity contribution in [2.45, 2.75) is 38.9 Å². The number of hydrogen-bond acceptors (Lipinski definition) is 3. The third-order valence-corrected chi connectivity index (χ3v) is 3.33. The molecular weight excluding hydrogens is 224 g/mol. The molecule has 18 heavy (non-hydrogen) atoms. The van der Waals surface area contributed by atoms with Crippen LogP contribution in [0.4, 0.5) is 0 Å². The number of benzene rings is 1. The highest BCUT2D eigenvalue weighted by molar-refractivity contribution is 5.25. The van der Waals surface area contributed by atoms with Crippen molar-refractivity contribution >= 4 is 0 Å². The van der Waals surface area contributed by atoms with E-state index in [0.717, 1.165) is 18.8 Å². The van der Waals surface area contributed by atoms with Crippen molar-refractivity contribution in [1.29, 1.82) is 0 Å². The van der Waals surface area contributed by atoms with Crippen LogP contribution < -0.4 is 5.32 Å². The van der Waals surface area contributed by atoms with Crippen LogP contribution in [0.1, 0.15) is 29.7 Å². The number of nitrogens with one attached hydrogen (secondary N) is 1. The molecule has 0 spiro atoms. The highest BCUT2D eigenvalue weighted by atomic mass is 15.4. The molecule has 1 heterocycles. The van der Waals surface area contributed by atoms with Gasteiger partial charge in [-0.05, 0) is 30.9 Å². The lowest BCUT2D eigenvalue weighted by atomic mass is 10.1. The summed E-state index contributed by atoms with van der Waals surface area (Å²) in [5, 5.41) is 11.8. The van der Waals surface area contributed by atoms with Gasteiger partial charge >= 0.3 is 0 Å². The molecular formula is C14H18N4. The van der Waals surface area contributed by atoms with Crippen LogP contribution in [0.2, 0.25) is 0 Å². The van der Waals surface area contributed by atoms with Gasteiger partial charge in [0, 0.05) is 12.6 Å². The van der Waals surface area contributed by atoms with Gasteiger partial charge in [-0.15, -0.1) is 5.10 Å². The summed E-state index contributed by atoms with van der Waals surface area (Å²) in [6.07, 6.45) is 4.64. The average molecular weight is 242 g/mol. The SMILES string of the molecule is Cc1ccccc1Cn1cc(CNC2CC2)nn1. The monoisotopic (exact) mass is 242 g/mol. The molecule has 1 fully saturated rings. The van der Waals surface area contributed by atoms with Gasteiger partial charge in [0.1, 0.15) is 0 Å². The van der Waals surface area contributed by atoms with E-state index < -0.39 is 0 Å². The maximum Gasteiger partial charge on any atom is 0.0965 e. The van der Waals surface area contributed by atoms with Gasteiger partial charge in [0.25, 0.3) is 0 Å². The first-order valence-electron chi connectivity index (χ1n) is 6.48. The van der Waals surface area contributed by atoms with Crippen LogP contribution in [-0.2, 0) is 13.1 Å². The molecule has 1 aromatic carbocycles. The lowest BCUT2D eigenvalue weighted by Crippen LogP contribution is -2.15. The Bertz CT molecular complexity index is 528. The minimum absolute atomic E-state index is 0.714. The van der Waals surface area contributed by atoms with Crippen LogP contribution in [0.5, 0.6) is 0 Å². The Hall–Kier alpha value is -1.68. The van der Waals surface area contributed by atoms with Crippen LogP contribution in [0.25, 0.3) is 0 Å². The van der Waals surface area contributed by atoms with Crippen molar-refractivity contribution in [3.05, 3.63) is 47.3 Å². The van der Waals surface area contributed by atoms with Crippen molar-refractivity contribution in [1.82, 2.24) is 20.3 Å². The second-order valence-electron chi connectivity index (χ2n) is 4.99. The normalized spacial score (nSPS) is 14.9. The van der Waals surface area contributed by atoms with Gasteiger partial charge in [-0.1, -0.05) is 29.5 Å². The fourth-order valence-electron chi connectivity index (χ4n) is 2.00. The largest absolute Gasteiger partial charge is 0.308 e. The second kappa shape index (κ2) is 4.90. The first-order chi connectivity index (χ1) is 8.81. The second-order valence-corrected chi connectivity index (χ2v) is 4.99. The molecule has 4 heteroatoms. The van der Waals surface area contributed by atoms with Crippen molar-refractivity contribution in [3.63, 3.8) is 0 Å². The average Bonchev–Trinajstić information content (AvgIpc) is 3.10. The standard InChI is InChI=1S/C14H18N4/c1-11-4-2-3-5-12(11)9-18-10-14(16-17-18)8-15-13-6-7-13/h2-5,10,13,15H,6-9H2,1H3. The Labute approximate surface area is 107 Å². The van der Waals surface area contributed by atoms with E-state index in [1.807, 2.05) is 10.9 Å². The number of hydrogen-bond donors (Lipinski definition) is 1. The lowest BCUT2D eigenvalue weighted by Gasteiger charge is -2.04. The molecule has 4 nitrogen and oxygen atoms in total. The van der Waals surface area contributed by atoms with Crippen LogP contribution in [0.3, 0.4) is 0 Å². The maximum atomic E-state index is 4.19. The molecule has 0 unspecified atom stereocenters. The topological polar surface area (TPSA) is 42.7 Å².